The molecule has 1 saturated carbocycles. The van der Waals surface area contributed by atoms with Crippen molar-refractivity contribution >= 4 is 0 Å². The van der Waals surface area contributed by atoms with Gasteiger partial charge in [0.25, 0.3) is 0 Å². The van der Waals surface area contributed by atoms with Gasteiger partial charge in [-0.15, -0.1) is 0 Å². The summed E-state index contributed by atoms with van der Waals surface area (Å²) in [5.74, 6) is 0.524. The highest BCUT2D eigenvalue weighted by Crippen LogP contribution is 2.57. The van der Waals surface area contributed by atoms with Crippen LogP contribution in [0.15, 0.2) is 24.3 Å². The van der Waals surface area contributed by atoms with Crippen LogP contribution in [-0.2, 0) is 5.41 Å². The van der Waals surface area contributed by atoms with E-state index in [-0.39, 0.29) is 16.8 Å². The Morgan fingerprint density at radius 1 is 1.33 bits per heavy atom. The number of rotatable bonds is 4. The van der Waals surface area contributed by atoms with Crippen molar-refractivity contribution in [2.24, 2.45) is 5.92 Å². The fraction of sp³-hybridized carbons (Fsp3) is 0.625. The SMILES string of the molecule is CCC1(c2ccccc2F)CC1CNC(C)(C)C. The second-order valence-electron chi connectivity index (χ2n) is 6.52. The molecule has 0 heterocycles. The van der Waals surface area contributed by atoms with E-state index in [1.165, 1.54) is 0 Å². The molecule has 1 aromatic carbocycles. The van der Waals surface area contributed by atoms with Gasteiger partial charge in [0.2, 0.25) is 0 Å². The van der Waals surface area contributed by atoms with Crippen LogP contribution in [0.2, 0.25) is 0 Å². The third-order valence-corrected chi connectivity index (χ3v) is 4.15. The van der Waals surface area contributed by atoms with Gasteiger partial charge in [-0.05, 0) is 57.7 Å². The van der Waals surface area contributed by atoms with Gasteiger partial charge in [-0.2, -0.15) is 0 Å². The molecule has 18 heavy (non-hydrogen) atoms. The average Bonchev–Trinajstić information content (AvgIpc) is 3.01. The van der Waals surface area contributed by atoms with Gasteiger partial charge in [0.05, 0.1) is 0 Å². The fourth-order valence-corrected chi connectivity index (χ4v) is 2.90. The Morgan fingerprint density at radius 3 is 2.56 bits per heavy atom. The van der Waals surface area contributed by atoms with E-state index in [0.717, 1.165) is 24.9 Å². The molecule has 1 aliphatic carbocycles. The van der Waals surface area contributed by atoms with Crippen LogP contribution >= 0.6 is 0 Å². The van der Waals surface area contributed by atoms with E-state index in [2.05, 4.69) is 33.0 Å². The van der Waals surface area contributed by atoms with Gasteiger partial charge in [-0.25, -0.2) is 4.39 Å². The first-order valence-electron chi connectivity index (χ1n) is 6.89. The Morgan fingerprint density at radius 2 is 2.00 bits per heavy atom. The molecule has 0 amide bonds. The van der Waals surface area contributed by atoms with Gasteiger partial charge in [0.1, 0.15) is 5.82 Å². The van der Waals surface area contributed by atoms with E-state index in [9.17, 15) is 4.39 Å². The smallest absolute Gasteiger partial charge is 0.126 e. The molecule has 0 spiro atoms. The van der Waals surface area contributed by atoms with Crippen LogP contribution in [0.4, 0.5) is 4.39 Å². The lowest BCUT2D eigenvalue weighted by atomic mass is 9.90. The number of nitrogens with one attached hydrogen (secondary N) is 1. The Bertz CT molecular complexity index is 421. The van der Waals surface area contributed by atoms with Crippen LogP contribution in [0.3, 0.4) is 0 Å². The van der Waals surface area contributed by atoms with Gasteiger partial charge in [-0.1, -0.05) is 25.1 Å². The van der Waals surface area contributed by atoms with E-state index in [1.807, 2.05) is 12.1 Å². The number of hydrogen-bond acceptors (Lipinski definition) is 1. The Hall–Kier alpha value is -0.890. The molecular weight excluding hydrogens is 225 g/mol. The molecule has 1 aliphatic rings. The summed E-state index contributed by atoms with van der Waals surface area (Å²) in [5, 5.41) is 3.54. The van der Waals surface area contributed by atoms with Gasteiger partial charge in [0.15, 0.2) is 0 Å². The molecule has 0 aliphatic heterocycles. The average molecular weight is 249 g/mol. The lowest BCUT2D eigenvalue weighted by Crippen LogP contribution is -2.38. The molecule has 0 radical (unpaired) electrons. The molecule has 2 rings (SSSR count). The molecular formula is C16H24FN. The molecule has 1 nitrogen and oxygen atoms in total. The van der Waals surface area contributed by atoms with E-state index in [0.29, 0.717) is 5.92 Å². The Kier molecular flexibility index (Phi) is 3.50. The van der Waals surface area contributed by atoms with Crippen molar-refractivity contribution < 1.29 is 4.39 Å². The first kappa shape index (κ1) is 13.5. The molecule has 1 aromatic rings. The minimum absolute atomic E-state index is 0.0439. The number of benzene rings is 1. The zero-order valence-corrected chi connectivity index (χ0v) is 11.9. The van der Waals surface area contributed by atoms with Crippen molar-refractivity contribution in [1.82, 2.24) is 5.32 Å². The predicted octanol–water partition coefficient (Wildman–Crippen LogP) is 3.88. The summed E-state index contributed by atoms with van der Waals surface area (Å²) in [6.45, 7) is 9.67. The summed E-state index contributed by atoms with van der Waals surface area (Å²) in [6, 6.07) is 7.25. The molecule has 2 atom stereocenters. The van der Waals surface area contributed by atoms with Crippen molar-refractivity contribution in [2.75, 3.05) is 6.54 Å². The molecule has 0 saturated heterocycles. The van der Waals surface area contributed by atoms with Crippen LogP contribution in [0.5, 0.6) is 0 Å². The summed E-state index contributed by atoms with van der Waals surface area (Å²) < 4.78 is 13.9. The van der Waals surface area contributed by atoms with E-state index in [1.54, 1.807) is 12.1 Å². The quantitative estimate of drug-likeness (QED) is 0.854. The maximum absolute atomic E-state index is 13.9. The zero-order chi connectivity index (χ0) is 13.4. The summed E-state index contributed by atoms with van der Waals surface area (Å²) in [7, 11) is 0. The van der Waals surface area contributed by atoms with Crippen molar-refractivity contribution in [3.05, 3.63) is 35.6 Å². The molecule has 2 unspecified atom stereocenters. The first-order valence-corrected chi connectivity index (χ1v) is 6.89. The van der Waals surface area contributed by atoms with E-state index >= 15 is 0 Å². The summed E-state index contributed by atoms with van der Waals surface area (Å²) in [4.78, 5) is 0. The molecule has 0 aromatic heterocycles. The molecule has 1 fully saturated rings. The van der Waals surface area contributed by atoms with Crippen molar-refractivity contribution in [1.29, 1.82) is 0 Å². The van der Waals surface area contributed by atoms with Crippen LogP contribution in [0.1, 0.15) is 46.1 Å². The van der Waals surface area contributed by atoms with Gasteiger partial charge < -0.3 is 5.32 Å². The van der Waals surface area contributed by atoms with Crippen LogP contribution in [0, 0.1) is 11.7 Å². The molecule has 100 valence electrons. The Labute approximate surface area is 110 Å². The number of halogens is 1. The second kappa shape index (κ2) is 4.65. The zero-order valence-electron chi connectivity index (χ0n) is 11.9. The summed E-state index contributed by atoms with van der Waals surface area (Å²) in [6.07, 6.45) is 2.12. The van der Waals surface area contributed by atoms with Crippen LogP contribution < -0.4 is 5.32 Å². The maximum atomic E-state index is 13.9. The van der Waals surface area contributed by atoms with Crippen molar-refractivity contribution in [3.8, 4) is 0 Å². The third-order valence-electron chi connectivity index (χ3n) is 4.15. The molecule has 0 bridgehead atoms. The topological polar surface area (TPSA) is 12.0 Å². The highest BCUT2D eigenvalue weighted by molar-refractivity contribution is 5.35. The first-order chi connectivity index (χ1) is 8.39. The monoisotopic (exact) mass is 249 g/mol. The lowest BCUT2D eigenvalue weighted by Gasteiger charge is -2.23. The van der Waals surface area contributed by atoms with Crippen LogP contribution in [0.25, 0.3) is 0 Å². The molecule has 2 heteroatoms. The minimum atomic E-state index is -0.0439. The van der Waals surface area contributed by atoms with E-state index in [4.69, 9.17) is 0 Å². The highest BCUT2D eigenvalue weighted by atomic mass is 19.1. The van der Waals surface area contributed by atoms with Gasteiger partial charge in [0, 0.05) is 11.0 Å². The fourth-order valence-electron chi connectivity index (χ4n) is 2.90. The minimum Gasteiger partial charge on any atom is -0.312 e. The van der Waals surface area contributed by atoms with Crippen molar-refractivity contribution in [3.63, 3.8) is 0 Å². The lowest BCUT2D eigenvalue weighted by molar-refractivity contribution is 0.399. The summed E-state index contributed by atoms with van der Waals surface area (Å²) >= 11 is 0. The maximum Gasteiger partial charge on any atom is 0.126 e. The van der Waals surface area contributed by atoms with Gasteiger partial charge in [-0.3, -0.25) is 0 Å². The van der Waals surface area contributed by atoms with Gasteiger partial charge >= 0.3 is 0 Å². The third kappa shape index (κ3) is 2.59. The summed E-state index contributed by atoms with van der Waals surface area (Å²) in [5.41, 5.74) is 1.12. The normalized spacial score (nSPS) is 27.3. The predicted molar refractivity (Wildman–Crippen MR) is 74.2 cm³/mol. The van der Waals surface area contributed by atoms with Crippen LogP contribution in [-0.4, -0.2) is 12.1 Å². The van der Waals surface area contributed by atoms with Crippen molar-refractivity contribution in [2.45, 2.75) is 51.5 Å². The Balaban J connectivity index is 2.10. The van der Waals surface area contributed by atoms with E-state index < -0.39 is 0 Å². The largest absolute Gasteiger partial charge is 0.312 e. The second-order valence-corrected chi connectivity index (χ2v) is 6.52. The highest BCUT2D eigenvalue weighted by Gasteiger charge is 2.54. The number of hydrogen-bond donors (Lipinski definition) is 1. The molecule has 1 N–H and O–H groups in total. The standard InChI is InChI=1S/C16H24FN/c1-5-16(13-8-6-7-9-14(13)17)10-12(16)11-18-15(2,3)4/h6-9,12,18H,5,10-11H2,1-4H3.